The van der Waals surface area contributed by atoms with E-state index in [0.717, 1.165) is 28.2 Å². The maximum atomic E-state index is 12.8. The smallest absolute Gasteiger partial charge is 0.264 e. The standard InChI is InChI=1S/C15H23NO3S2/c1-4-5-7-16(13-6-8-21(18,19)10-13)15(17)14-9-11(2)12(3)20-14/h9,13H,4-8,10H2,1-3H3. The first-order chi connectivity index (χ1) is 9.84. The Morgan fingerprint density at radius 1 is 1.43 bits per heavy atom. The van der Waals surface area contributed by atoms with Crippen LogP contribution in [0.25, 0.3) is 0 Å². The van der Waals surface area contributed by atoms with Gasteiger partial charge in [-0.2, -0.15) is 0 Å². The normalized spacial score (nSPS) is 20.6. The van der Waals surface area contributed by atoms with Crippen molar-refractivity contribution >= 4 is 27.1 Å². The zero-order chi connectivity index (χ0) is 15.6. The molecule has 0 aliphatic carbocycles. The Morgan fingerprint density at radius 2 is 2.14 bits per heavy atom. The van der Waals surface area contributed by atoms with Crippen LogP contribution in [0.4, 0.5) is 0 Å². The van der Waals surface area contributed by atoms with E-state index in [1.54, 1.807) is 4.90 Å². The van der Waals surface area contributed by atoms with E-state index in [-0.39, 0.29) is 23.5 Å². The lowest BCUT2D eigenvalue weighted by Gasteiger charge is -2.27. The second-order valence-electron chi connectivity index (χ2n) is 5.76. The molecule has 1 amide bonds. The molecule has 2 rings (SSSR count). The Balaban J connectivity index is 2.21. The van der Waals surface area contributed by atoms with Crippen molar-refractivity contribution in [3.05, 3.63) is 21.4 Å². The van der Waals surface area contributed by atoms with Crippen LogP contribution < -0.4 is 0 Å². The van der Waals surface area contributed by atoms with Gasteiger partial charge in [-0.1, -0.05) is 13.3 Å². The van der Waals surface area contributed by atoms with Gasteiger partial charge in [0.05, 0.1) is 16.4 Å². The molecule has 118 valence electrons. The first-order valence-corrected chi connectivity index (χ1v) is 10.1. The number of hydrogen-bond donors (Lipinski definition) is 0. The summed E-state index contributed by atoms with van der Waals surface area (Å²) in [5.41, 5.74) is 1.12. The lowest BCUT2D eigenvalue weighted by atomic mass is 10.2. The molecule has 0 aromatic carbocycles. The SMILES string of the molecule is CCCCN(C(=O)c1cc(C)c(C)s1)C1CCS(=O)(=O)C1. The molecule has 1 aromatic heterocycles. The van der Waals surface area contributed by atoms with Gasteiger partial charge in [0.2, 0.25) is 0 Å². The van der Waals surface area contributed by atoms with Crippen molar-refractivity contribution in [2.24, 2.45) is 0 Å². The quantitative estimate of drug-likeness (QED) is 0.834. The van der Waals surface area contributed by atoms with Gasteiger partial charge in [-0.3, -0.25) is 4.79 Å². The number of rotatable bonds is 5. The molecule has 6 heteroatoms. The summed E-state index contributed by atoms with van der Waals surface area (Å²) in [6, 6.07) is 1.77. The fourth-order valence-corrected chi connectivity index (χ4v) is 5.34. The van der Waals surface area contributed by atoms with E-state index >= 15 is 0 Å². The molecule has 1 fully saturated rings. The van der Waals surface area contributed by atoms with E-state index in [9.17, 15) is 13.2 Å². The topological polar surface area (TPSA) is 54.5 Å². The highest BCUT2D eigenvalue weighted by Crippen LogP contribution is 2.26. The highest BCUT2D eigenvalue weighted by Gasteiger charge is 2.35. The van der Waals surface area contributed by atoms with Crippen molar-refractivity contribution in [3.8, 4) is 0 Å². The summed E-state index contributed by atoms with van der Waals surface area (Å²) in [4.78, 5) is 16.4. The molecule has 1 aromatic rings. The molecule has 0 bridgehead atoms. The predicted octanol–water partition coefficient (Wildman–Crippen LogP) is 2.79. The Bertz CT molecular complexity index is 599. The number of amides is 1. The van der Waals surface area contributed by atoms with E-state index in [1.807, 2.05) is 19.9 Å². The second-order valence-corrected chi connectivity index (χ2v) is 9.24. The van der Waals surface area contributed by atoms with Crippen molar-refractivity contribution < 1.29 is 13.2 Å². The molecule has 0 N–H and O–H groups in total. The van der Waals surface area contributed by atoms with Crippen molar-refractivity contribution in [2.75, 3.05) is 18.1 Å². The van der Waals surface area contributed by atoms with Crippen molar-refractivity contribution in [2.45, 2.75) is 46.1 Å². The van der Waals surface area contributed by atoms with E-state index in [2.05, 4.69) is 6.92 Å². The summed E-state index contributed by atoms with van der Waals surface area (Å²) >= 11 is 1.50. The molecule has 1 aliphatic rings. The minimum absolute atomic E-state index is 0.00764. The van der Waals surface area contributed by atoms with Crippen molar-refractivity contribution in [1.29, 1.82) is 0 Å². The molecule has 1 saturated heterocycles. The highest BCUT2D eigenvalue weighted by atomic mass is 32.2. The lowest BCUT2D eigenvalue weighted by molar-refractivity contribution is 0.0699. The monoisotopic (exact) mass is 329 g/mol. The van der Waals surface area contributed by atoms with Gasteiger partial charge in [0, 0.05) is 17.5 Å². The van der Waals surface area contributed by atoms with Crippen molar-refractivity contribution in [3.63, 3.8) is 0 Å². The Kier molecular flexibility index (Phi) is 5.09. The Hall–Kier alpha value is -0.880. The van der Waals surface area contributed by atoms with Crippen LogP contribution in [-0.2, 0) is 9.84 Å². The summed E-state index contributed by atoms with van der Waals surface area (Å²) in [6.07, 6.45) is 2.47. The molecule has 1 unspecified atom stereocenters. The summed E-state index contributed by atoms with van der Waals surface area (Å²) in [6.45, 7) is 6.73. The van der Waals surface area contributed by atoms with Crippen LogP contribution in [0.5, 0.6) is 0 Å². The third-order valence-electron chi connectivity index (χ3n) is 4.04. The first-order valence-electron chi connectivity index (χ1n) is 7.42. The van der Waals surface area contributed by atoms with Gasteiger partial charge in [0.25, 0.3) is 5.91 Å². The largest absolute Gasteiger partial charge is 0.334 e. The van der Waals surface area contributed by atoms with Gasteiger partial charge in [-0.25, -0.2) is 8.42 Å². The molecule has 0 spiro atoms. The van der Waals surface area contributed by atoms with Crippen LogP contribution in [0.3, 0.4) is 0 Å². The molecule has 2 heterocycles. The summed E-state index contributed by atoms with van der Waals surface area (Å²) in [5, 5.41) is 0. The number of thiophene rings is 1. The number of carbonyl (C=O) groups excluding carboxylic acids is 1. The molecule has 1 aliphatic heterocycles. The molecule has 0 radical (unpaired) electrons. The average molecular weight is 329 g/mol. The highest BCUT2D eigenvalue weighted by molar-refractivity contribution is 7.91. The summed E-state index contributed by atoms with van der Waals surface area (Å²) < 4.78 is 23.4. The molecular weight excluding hydrogens is 306 g/mol. The molecule has 21 heavy (non-hydrogen) atoms. The zero-order valence-corrected chi connectivity index (χ0v) is 14.5. The average Bonchev–Trinajstić information content (AvgIpc) is 2.93. The Morgan fingerprint density at radius 3 is 2.62 bits per heavy atom. The number of unbranched alkanes of at least 4 members (excludes halogenated alkanes) is 1. The van der Waals surface area contributed by atoms with Gasteiger partial charge in [-0.15, -0.1) is 11.3 Å². The van der Waals surface area contributed by atoms with Gasteiger partial charge in [0.1, 0.15) is 0 Å². The van der Waals surface area contributed by atoms with Crippen molar-refractivity contribution in [1.82, 2.24) is 4.90 Å². The number of aryl methyl sites for hydroxylation is 2. The molecule has 4 nitrogen and oxygen atoms in total. The fourth-order valence-electron chi connectivity index (χ4n) is 2.62. The number of sulfone groups is 1. The van der Waals surface area contributed by atoms with E-state index < -0.39 is 9.84 Å². The third kappa shape index (κ3) is 3.86. The van der Waals surface area contributed by atoms with E-state index in [0.29, 0.717) is 13.0 Å². The number of nitrogens with zero attached hydrogens (tertiary/aromatic N) is 1. The summed E-state index contributed by atoms with van der Waals surface area (Å²) in [5.74, 6) is 0.314. The van der Waals surface area contributed by atoms with E-state index in [4.69, 9.17) is 0 Å². The Labute approximate surface area is 131 Å². The summed E-state index contributed by atoms with van der Waals surface area (Å²) in [7, 11) is -2.97. The number of hydrogen-bond acceptors (Lipinski definition) is 4. The zero-order valence-electron chi connectivity index (χ0n) is 12.9. The fraction of sp³-hybridized carbons (Fsp3) is 0.667. The van der Waals surface area contributed by atoms with Gasteiger partial charge < -0.3 is 4.90 Å². The van der Waals surface area contributed by atoms with Crippen LogP contribution >= 0.6 is 11.3 Å². The minimum atomic E-state index is -2.97. The molecule has 1 atom stereocenters. The second kappa shape index (κ2) is 6.48. The van der Waals surface area contributed by atoms with Crippen LogP contribution in [0.15, 0.2) is 6.07 Å². The van der Waals surface area contributed by atoms with Gasteiger partial charge in [-0.05, 0) is 38.3 Å². The number of carbonyl (C=O) groups is 1. The van der Waals surface area contributed by atoms with Crippen LogP contribution in [0.1, 0.15) is 46.3 Å². The molecule has 0 saturated carbocycles. The van der Waals surface area contributed by atoms with Gasteiger partial charge >= 0.3 is 0 Å². The van der Waals surface area contributed by atoms with Crippen LogP contribution in [-0.4, -0.2) is 43.3 Å². The molecular formula is C15H23NO3S2. The van der Waals surface area contributed by atoms with Crippen LogP contribution in [0, 0.1) is 13.8 Å². The maximum Gasteiger partial charge on any atom is 0.264 e. The minimum Gasteiger partial charge on any atom is -0.334 e. The third-order valence-corrected chi connectivity index (χ3v) is 6.93. The van der Waals surface area contributed by atoms with E-state index in [1.165, 1.54) is 11.3 Å². The van der Waals surface area contributed by atoms with Crippen LogP contribution in [0.2, 0.25) is 0 Å². The lowest BCUT2D eigenvalue weighted by Crippen LogP contribution is -2.41. The van der Waals surface area contributed by atoms with Gasteiger partial charge in [0.15, 0.2) is 9.84 Å². The first kappa shape index (κ1) is 16.5. The predicted molar refractivity (Wildman–Crippen MR) is 86.8 cm³/mol. The maximum absolute atomic E-state index is 12.8.